The first-order chi connectivity index (χ1) is 12.7. The summed E-state index contributed by atoms with van der Waals surface area (Å²) in [7, 11) is 0. The van der Waals surface area contributed by atoms with Gasteiger partial charge in [0, 0.05) is 28.8 Å². The summed E-state index contributed by atoms with van der Waals surface area (Å²) < 4.78 is 6.55. The molecule has 0 aliphatic carbocycles. The van der Waals surface area contributed by atoms with Crippen LogP contribution in [0.2, 0.25) is 5.02 Å². The van der Waals surface area contributed by atoms with E-state index in [-0.39, 0.29) is 18.0 Å². The van der Waals surface area contributed by atoms with E-state index in [9.17, 15) is 14.9 Å². The zero-order chi connectivity index (χ0) is 20.1. The summed E-state index contributed by atoms with van der Waals surface area (Å²) in [5, 5.41) is 14.3. The maximum atomic E-state index is 12.0. The molecule has 0 saturated heterocycles. The Morgan fingerprint density at radius 1 is 1.26 bits per heavy atom. The molecule has 6 nitrogen and oxygen atoms in total. The standard InChI is InChI=1S/C19H20BrClN2O4/c1-11-6-7-14(10-15(11)23(25)26)22-17(24)5-4-8-27-16-9-12(2)19(21)13(3)18(16)20/h6-7,9-10H,4-5,8H2,1-3H3,(H,22,24). The summed E-state index contributed by atoms with van der Waals surface area (Å²) in [4.78, 5) is 22.5. The van der Waals surface area contributed by atoms with Crippen LogP contribution in [0.15, 0.2) is 28.7 Å². The smallest absolute Gasteiger partial charge is 0.274 e. The molecule has 0 heterocycles. The van der Waals surface area contributed by atoms with E-state index in [2.05, 4.69) is 21.2 Å². The van der Waals surface area contributed by atoms with Gasteiger partial charge in [-0.1, -0.05) is 17.7 Å². The molecule has 0 unspecified atom stereocenters. The van der Waals surface area contributed by atoms with Crippen molar-refractivity contribution in [3.05, 3.63) is 60.6 Å². The first-order valence-corrected chi connectivity index (χ1v) is 9.50. The van der Waals surface area contributed by atoms with Crippen LogP contribution in [-0.4, -0.2) is 17.4 Å². The van der Waals surface area contributed by atoms with Crippen LogP contribution in [0.1, 0.15) is 29.5 Å². The third kappa shape index (κ3) is 5.43. The molecule has 0 aliphatic heterocycles. The number of carbonyl (C=O) groups is 1. The van der Waals surface area contributed by atoms with Crippen molar-refractivity contribution in [3.63, 3.8) is 0 Å². The summed E-state index contributed by atoms with van der Waals surface area (Å²) in [5.41, 5.74) is 2.77. The number of nitrogens with zero attached hydrogens (tertiary/aromatic N) is 1. The van der Waals surface area contributed by atoms with Crippen molar-refractivity contribution >= 4 is 44.8 Å². The number of anilines is 1. The maximum Gasteiger partial charge on any atom is 0.274 e. The minimum absolute atomic E-state index is 0.0190. The Kier molecular flexibility index (Phi) is 7.21. The van der Waals surface area contributed by atoms with Crippen molar-refractivity contribution in [1.82, 2.24) is 0 Å². The fraction of sp³-hybridized carbons (Fsp3) is 0.316. The number of hydrogen-bond donors (Lipinski definition) is 1. The number of nitro groups is 1. The third-order valence-electron chi connectivity index (χ3n) is 4.06. The van der Waals surface area contributed by atoms with Gasteiger partial charge in [0.1, 0.15) is 5.75 Å². The number of halogens is 2. The summed E-state index contributed by atoms with van der Waals surface area (Å²) in [6, 6.07) is 6.47. The topological polar surface area (TPSA) is 81.5 Å². The Labute approximate surface area is 171 Å². The molecule has 144 valence electrons. The Hall–Kier alpha value is -2.12. The van der Waals surface area contributed by atoms with Crippen molar-refractivity contribution < 1.29 is 14.5 Å². The van der Waals surface area contributed by atoms with E-state index in [0.29, 0.717) is 35.1 Å². The van der Waals surface area contributed by atoms with E-state index in [1.807, 2.05) is 19.9 Å². The number of amides is 1. The highest BCUT2D eigenvalue weighted by Gasteiger charge is 2.13. The summed E-state index contributed by atoms with van der Waals surface area (Å²) in [6.45, 7) is 5.82. The minimum Gasteiger partial charge on any atom is -0.492 e. The van der Waals surface area contributed by atoms with E-state index < -0.39 is 4.92 Å². The van der Waals surface area contributed by atoms with Crippen LogP contribution in [0.5, 0.6) is 5.75 Å². The lowest BCUT2D eigenvalue weighted by Crippen LogP contribution is -2.13. The van der Waals surface area contributed by atoms with Gasteiger partial charge in [0.25, 0.3) is 5.69 Å². The molecule has 27 heavy (non-hydrogen) atoms. The highest BCUT2D eigenvalue weighted by molar-refractivity contribution is 9.10. The average Bonchev–Trinajstić information content (AvgIpc) is 2.62. The highest BCUT2D eigenvalue weighted by Crippen LogP contribution is 2.35. The van der Waals surface area contributed by atoms with Crippen LogP contribution in [0.4, 0.5) is 11.4 Å². The summed E-state index contributed by atoms with van der Waals surface area (Å²) in [5.74, 6) is 0.461. The molecule has 1 N–H and O–H groups in total. The number of rotatable bonds is 7. The fourth-order valence-electron chi connectivity index (χ4n) is 2.53. The molecule has 0 saturated carbocycles. The highest BCUT2D eigenvalue weighted by atomic mass is 79.9. The molecule has 0 aromatic heterocycles. The number of nitrogens with one attached hydrogen (secondary N) is 1. The van der Waals surface area contributed by atoms with Crippen molar-refractivity contribution in [3.8, 4) is 5.75 Å². The molecule has 2 aromatic rings. The maximum absolute atomic E-state index is 12.0. The molecule has 0 fully saturated rings. The molecule has 8 heteroatoms. The number of aryl methyl sites for hydroxylation is 2. The molecular formula is C19H20BrClN2O4. The summed E-state index contributed by atoms with van der Waals surface area (Å²) >= 11 is 9.67. The van der Waals surface area contributed by atoms with Crippen LogP contribution in [0, 0.1) is 30.9 Å². The van der Waals surface area contributed by atoms with Crippen LogP contribution in [0.25, 0.3) is 0 Å². The van der Waals surface area contributed by atoms with E-state index in [4.69, 9.17) is 16.3 Å². The molecule has 1 amide bonds. The van der Waals surface area contributed by atoms with Gasteiger partial charge in [0.2, 0.25) is 5.91 Å². The molecule has 0 radical (unpaired) electrons. The normalized spacial score (nSPS) is 10.6. The lowest BCUT2D eigenvalue weighted by atomic mass is 10.1. The Bertz CT molecular complexity index is 886. The first kappa shape index (κ1) is 21.2. The zero-order valence-corrected chi connectivity index (χ0v) is 17.6. The van der Waals surface area contributed by atoms with Gasteiger partial charge in [-0.2, -0.15) is 0 Å². The fourth-order valence-corrected chi connectivity index (χ4v) is 3.22. The van der Waals surface area contributed by atoms with Crippen molar-refractivity contribution in [2.45, 2.75) is 33.6 Å². The van der Waals surface area contributed by atoms with Gasteiger partial charge in [-0.05, 0) is 66.4 Å². The molecule has 2 rings (SSSR count). The molecular weight excluding hydrogens is 436 g/mol. The van der Waals surface area contributed by atoms with E-state index in [0.717, 1.165) is 15.6 Å². The van der Waals surface area contributed by atoms with Crippen LogP contribution in [0.3, 0.4) is 0 Å². The van der Waals surface area contributed by atoms with Crippen LogP contribution in [-0.2, 0) is 4.79 Å². The van der Waals surface area contributed by atoms with Crippen molar-refractivity contribution in [2.24, 2.45) is 0 Å². The number of carbonyl (C=O) groups excluding carboxylic acids is 1. The predicted molar refractivity (Wildman–Crippen MR) is 110 cm³/mol. The predicted octanol–water partition coefficient (Wildman–Crippen LogP) is 5.73. The Balaban J connectivity index is 1.87. The van der Waals surface area contributed by atoms with Crippen LogP contribution >= 0.6 is 27.5 Å². The zero-order valence-electron chi connectivity index (χ0n) is 15.3. The number of hydrogen-bond acceptors (Lipinski definition) is 4. The number of benzene rings is 2. The van der Waals surface area contributed by atoms with Gasteiger partial charge in [-0.3, -0.25) is 14.9 Å². The number of ether oxygens (including phenoxy) is 1. The third-order valence-corrected chi connectivity index (χ3v) is 5.63. The van der Waals surface area contributed by atoms with Gasteiger partial charge >= 0.3 is 0 Å². The molecule has 0 aliphatic rings. The largest absolute Gasteiger partial charge is 0.492 e. The molecule has 2 aromatic carbocycles. The average molecular weight is 456 g/mol. The van der Waals surface area contributed by atoms with Gasteiger partial charge in [0.05, 0.1) is 16.0 Å². The Morgan fingerprint density at radius 3 is 2.63 bits per heavy atom. The van der Waals surface area contributed by atoms with E-state index in [1.54, 1.807) is 19.1 Å². The van der Waals surface area contributed by atoms with Gasteiger partial charge in [-0.25, -0.2) is 0 Å². The van der Waals surface area contributed by atoms with Crippen molar-refractivity contribution in [1.29, 1.82) is 0 Å². The van der Waals surface area contributed by atoms with E-state index in [1.165, 1.54) is 6.07 Å². The summed E-state index contributed by atoms with van der Waals surface area (Å²) in [6.07, 6.45) is 0.748. The Morgan fingerprint density at radius 2 is 1.96 bits per heavy atom. The molecule has 0 spiro atoms. The van der Waals surface area contributed by atoms with Crippen LogP contribution < -0.4 is 10.1 Å². The quantitative estimate of drug-likeness (QED) is 0.328. The second-order valence-corrected chi connectivity index (χ2v) is 7.37. The lowest BCUT2D eigenvalue weighted by Gasteiger charge is -2.13. The molecule has 0 atom stereocenters. The lowest BCUT2D eigenvalue weighted by molar-refractivity contribution is -0.385. The SMILES string of the molecule is Cc1ccc(NC(=O)CCCOc2cc(C)c(Cl)c(C)c2Br)cc1[N+](=O)[O-]. The van der Waals surface area contributed by atoms with E-state index >= 15 is 0 Å². The second kappa shape index (κ2) is 9.19. The second-order valence-electron chi connectivity index (χ2n) is 6.20. The van der Waals surface area contributed by atoms with Crippen molar-refractivity contribution in [2.75, 3.05) is 11.9 Å². The van der Waals surface area contributed by atoms with Gasteiger partial charge in [0.15, 0.2) is 0 Å². The van der Waals surface area contributed by atoms with Gasteiger partial charge in [-0.15, -0.1) is 0 Å². The minimum atomic E-state index is -0.465. The first-order valence-electron chi connectivity index (χ1n) is 8.33. The monoisotopic (exact) mass is 454 g/mol. The van der Waals surface area contributed by atoms with Gasteiger partial charge < -0.3 is 10.1 Å². The number of nitro benzene ring substituents is 1. The molecule has 0 bridgehead atoms.